The number of anilines is 1. The highest BCUT2D eigenvalue weighted by Crippen LogP contribution is 2.64. The Labute approximate surface area is 569 Å². The molecule has 1 aliphatic heterocycles. The maximum atomic E-state index is 16.0. The third-order valence-electron chi connectivity index (χ3n) is 18.5. The minimum atomic E-state index is -2.55. The Morgan fingerprint density at radius 3 is 1.93 bits per heavy atom. The van der Waals surface area contributed by atoms with Crippen LogP contribution in [0.1, 0.15) is 113 Å². The zero-order valence-electron chi connectivity index (χ0n) is 56.1. The number of benzene rings is 4. The summed E-state index contributed by atoms with van der Waals surface area (Å²) in [7, 11) is 1.46. The molecule has 0 radical (unpaired) electrons. The molecule has 530 valence electrons. The number of nitrogens with two attached hydrogens (primary N) is 1. The normalized spacial score (nSPS) is 24.9. The fourth-order valence-corrected chi connectivity index (χ4v) is 13.3. The lowest BCUT2D eigenvalue weighted by Gasteiger charge is -2.66. The van der Waals surface area contributed by atoms with Gasteiger partial charge in [0.05, 0.1) is 44.1 Å². The molecule has 0 spiro atoms. The molecule has 29 heteroatoms. The van der Waals surface area contributed by atoms with Crippen molar-refractivity contribution in [2.24, 2.45) is 22.5 Å². The van der Waals surface area contributed by atoms with E-state index in [2.05, 4.69) is 26.6 Å². The first-order valence-electron chi connectivity index (χ1n) is 31.9. The van der Waals surface area contributed by atoms with Crippen molar-refractivity contribution in [3.63, 3.8) is 0 Å². The summed E-state index contributed by atoms with van der Waals surface area (Å²) in [6, 6.07) is 23.5. The second-order valence-corrected chi connectivity index (χ2v) is 25.5. The van der Waals surface area contributed by atoms with Crippen LogP contribution in [0.15, 0.2) is 126 Å². The van der Waals surface area contributed by atoms with E-state index >= 15 is 9.59 Å². The third kappa shape index (κ3) is 16.6. The smallest absolute Gasteiger partial charge is 0.455 e. The first kappa shape index (κ1) is 74.8. The maximum absolute atomic E-state index is 16.0. The zero-order chi connectivity index (χ0) is 72.3. The van der Waals surface area contributed by atoms with Crippen molar-refractivity contribution in [1.29, 1.82) is 0 Å². The molecule has 2 unspecified atom stereocenters. The van der Waals surface area contributed by atoms with Crippen LogP contribution in [0, 0.1) is 16.7 Å². The summed E-state index contributed by atoms with van der Waals surface area (Å²) in [6.07, 6.45) is -13.3. The van der Waals surface area contributed by atoms with Gasteiger partial charge in [-0.3, -0.25) is 43.2 Å². The second-order valence-electron chi connectivity index (χ2n) is 25.5. The number of carbonyl (C=O) groups is 12. The Morgan fingerprint density at radius 2 is 1.34 bits per heavy atom. The topological polar surface area (TPSA) is 417 Å². The summed E-state index contributed by atoms with van der Waals surface area (Å²) in [5.41, 5.74) is -2.18. The van der Waals surface area contributed by atoms with E-state index in [9.17, 15) is 58.2 Å². The predicted molar refractivity (Wildman–Crippen MR) is 347 cm³/mol. The molecule has 1 heterocycles. The molecule has 0 aromatic heterocycles. The van der Waals surface area contributed by atoms with Gasteiger partial charge in [0.15, 0.2) is 23.6 Å². The molecule has 3 fully saturated rings. The maximum Gasteiger partial charge on any atom is 0.509 e. The predicted octanol–water partition coefficient (Wildman–Crippen LogP) is 2.80. The first-order chi connectivity index (χ1) is 46.9. The van der Waals surface area contributed by atoms with Crippen LogP contribution in [0.2, 0.25) is 0 Å². The van der Waals surface area contributed by atoms with Gasteiger partial charge in [-0.05, 0) is 86.4 Å². The lowest BCUT2D eigenvalue weighted by molar-refractivity contribution is -0.346. The number of methoxy groups -OCH3 is 1. The number of ether oxygens (including phenoxy) is 9. The Kier molecular flexibility index (Phi) is 24.0. The van der Waals surface area contributed by atoms with Gasteiger partial charge in [-0.25, -0.2) is 14.4 Å². The van der Waals surface area contributed by atoms with Crippen LogP contribution in [0.5, 0.6) is 0 Å². The van der Waals surface area contributed by atoms with Gasteiger partial charge in [0.2, 0.25) is 35.6 Å². The van der Waals surface area contributed by atoms with E-state index in [-0.39, 0.29) is 71.9 Å². The molecule has 6 amide bonds. The molecule has 2 bridgehead atoms. The van der Waals surface area contributed by atoms with E-state index in [1.165, 1.54) is 109 Å². The van der Waals surface area contributed by atoms with Gasteiger partial charge < -0.3 is 85.2 Å². The largest absolute Gasteiger partial charge is 0.509 e. The van der Waals surface area contributed by atoms with Gasteiger partial charge in [0, 0.05) is 44.0 Å². The van der Waals surface area contributed by atoms with Gasteiger partial charge in [-0.15, -0.1) is 0 Å². The Bertz CT molecular complexity index is 3720. The Hall–Kier alpha value is -9.94. The van der Waals surface area contributed by atoms with Gasteiger partial charge in [0.1, 0.15) is 66.7 Å². The number of amides is 6. The fraction of sp³-hybridized carbons (Fsp3) is 0.457. The summed E-state index contributed by atoms with van der Waals surface area (Å²) in [6.45, 7) is 9.85. The summed E-state index contributed by atoms with van der Waals surface area (Å²) >= 11 is 0. The van der Waals surface area contributed by atoms with Crippen LogP contribution in [0.25, 0.3) is 0 Å². The van der Waals surface area contributed by atoms with Crippen molar-refractivity contribution < 1.29 is 110 Å². The number of fused-ring (bicyclic) bond motifs is 5. The number of carbonyl (C=O) groups excluding carboxylic acids is 12. The van der Waals surface area contributed by atoms with Crippen molar-refractivity contribution in [3.05, 3.63) is 149 Å². The molecule has 3 aliphatic carbocycles. The molecule has 14 atom stereocenters. The number of hydrogen-bond acceptors (Lipinski definition) is 22. The summed E-state index contributed by atoms with van der Waals surface area (Å²) in [5.74, 6) is -11.5. The number of hydrogen-bond donors (Lipinski definition) is 7. The lowest BCUT2D eigenvalue weighted by Crippen LogP contribution is -2.82. The van der Waals surface area contributed by atoms with Crippen LogP contribution in [0.4, 0.5) is 10.5 Å². The van der Waals surface area contributed by atoms with E-state index in [0.717, 1.165) is 13.8 Å². The molecular weight excluding hydrogens is 1290 g/mol. The lowest BCUT2D eigenvalue weighted by atomic mass is 9.44. The molecule has 2 saturated carbocycles. The molecule has 10 N–H and O–H groups in total. The number of primary amides is 1. The van der Waals surface area contributed by atoms with E-state index in [1.807, 2.05) is 0 Å². The molecule has 8 rings (SSSR count). The van der Waals surface area contributed by atoms with Gasteiger partial charge >= 0.3 is 30.0 Å². The molecule has 4 aliphatic rings. The highest BCUT2D eigenvalue weighted by atomic mass is 16.7. The van der Waals surface area contributed by atoms with E-state index in [4.69, 9.17) is 48.4 Å². The quantitative estimate of drug-likeness (QED) is 0.0148. The van der Waals surface area contributed by atoms with Gasteiger partial charge in [-0.1, -0.05) is 92.7 Å². The second kappa shape index (κ2) is 31.7. The number of ketones is 1. The molecule has 4 aromatic carbocycles. The molecule has 4 aromatic rings. The highest BCUT2D eigenvalue weighted by Gasteiger charge is 2.79. The fourth-order valence-electron chi connectivity index (χ4n) is 13.3. The molecular formula is C70H83N6O23+. The van der Waals surface area contributed by atoms with Crippen LogP contribution < -0.4 is 32.3 Å². The average molecular weight is 1380 g/mol. The number of rotatable bonds is 27. The van der Waals surface area contributed by atoms with Crippen LogP contribution in [-0.4, -0.2) is 181 Å². The van der Waals surface area contributed by atoms with Crippen LogP contribution in [-0.2, 0) is 92.4 Å². The summed E-state index contributed by atoms with van der Waals surface area (Å²) < 4.78 is 52.6. The SMILES string of the molecule is COCCOCC(=O)N[C@H](C)C(=O)N[C@H](C)C(=O)N[C@H](CC(N)=O)C(=O)Nc1ccc(COC(=O)O[C@@H](C(=O)O[C@H]2C[C@@]3(O)[C@@H](OC(=O)c4ccccc4)[C@H]4[C@](C)(C(=O)[C@H](OC(C)=O)C(=C2C)C3(C)C)[C@@H]([OH2+])CC2OC[C@]24OC(C)=O)C(NC(=O)c2ccccc2)c2ccccc2)cc1. The monoisotopic (exact) mass is 1380 g/mol. The minimum Gasteiger partial charge on any atom is -0.455 e. The van der Waals surface area contributed by atoms with Gasteiger partial charge in [-0.2, -0.15) is 0 Å². The third-order valence-corrected chi connectivity index (χ3v) is 18.5. The van der Waals surface area contributed by atoms with Crippen LogP contribution in [0.3, 0.4) is 0 Å². The van der Waals surface area contributed by atoms with Crippen molar-refractivity contribution in [2.75, 3.05) is 38.9 Å². The molecule has 29 nitrogen and oxygen atoms in total. The molecule has 99 heavy (non-hydrogen) atoms. The number of Topliss-reactive ketones (excluding diaryl/α,β-unsaturated/α-hetero) is 1. The summed E-state index contributed by atoms with van der Waals surface area (Å²) in [5, 5.41) is 36.4. The average Bonchev–Trinajstić information content (AvgIpc) is 0.670. The van der Waals surface area contributed by atoms with Crippen molar-refractivity contribution in [3.8, 4) is 0 Å². The van der Waals surface area contributed by atoms with E-state index in [1.54, 1.807) is 54.6 Å². The van der Waals surface area contributed by atoms with Crippen molar-refractivity contribution >= 4 is 76.9 Å². The Morgan fingerprint density at radius 1 is 0.737 bits per heavy atom. The molecule has 1 saturated heterocycles. The standard InChI is InChI=1S/C70H82N6O23/c1-37-48(33-70(90)59(98-64(87)45-23-17-12-18-24-45)57-68(8,49(79)32-50-69(57,36-94-50)99-41(5)78)58(82)55(95-40(4)77)53(37)67(70,6)7)96-65(88)56(54(43-19-13-10-14-20-43)76-62(85)44-21-15-11-16-22-44)97-66(89)93-34-42-25-27-46(28-26-42)74-63(86)47(31-51(71)80)75-61(84)39(3)73-60(83)38(2)72-52(81)35-92-30-29-91-9/h10-28,38-39,47-50,54-57,59,79,90H,29-36H2,1-9H3,(H2,71,80)(H,72,81)(H,73,83)(H,74,86)(H,75,84)(H,76,85)/p+1/t38-,39-,47-,48+,49+,50?,54?,55-,56-,57+,59+,68-,69+,70-/m1/s1. The van der Waals surface area contributed by atoms with E-state index in [0.29, 0.717) is 0 Å². The number of aliphatic hydroxyl groups is 1. The zero-order valence-corrected chi connectivity index (χ0v) is 56.1. The number of esters is 4. The van der Waals surface area contributed by atoms with Crippen LogP contribution >= 0.6 is 0 Å². The van der Waals surface area contributed by atoms with Crippen molar-refractivity contribution in [2.45, 2.75) is 153 Å². The van der Waals surface area contributed by atoms with Gasteiger partial charge in [0.25, 0.3) is 5.91 Å². The van der Waals surface area contributed by atoms with Crippen molar-refractivity contribution in [1.82, 2.24) is 21.3 Å². The summed E-state index contributed by atoms with van der Waals surface area (Å²) in [4.78, 5) is 165. The Balaban J connectivity index is 1.09. The first-order valence-corrected chi connectivity index (χ1v) is 31.9. The number of nitrogens with one attached hydrogen (secondary N) is 5. The minimum absolute atomic E-state index is 0.00233. The van der Waals surface area contributed by atoms with E-state index < -0.39 is 179 Å². The highest BCUT2D eigenvalue weighted by molar-refractivity contribution is 6.01.